The molecular weight excluding hydrogens is 342 g/mol. The van der Waals surface area contributed by atoms with Crippen LogP contribution in [-0.4, -0.2) is 4.98 Å². The molecule has 1 heterocycles. The molecule has 3 aromatic carbocycles. The van der Waals surface area contributed by atoms with Gasteiger partial charge in [0, 0.05) is 11.3 Å². The molecule has 0 saturated heterocycles. The van der Waals surface area contributed by atoms with Crippen molar-refractivity contribution in [2.45, 2.75) is 10.8 Å². The van der Waals surface area contributed by atoms with Gasteiger partial charge in [0.25, 0.3) is 0 Å². The molecule has 0 fully saturated rings. The Morgan fingerprint density at radius 1 is 0.680 bits per heavy atom. The monoisotopic (exact) mass is 359 g/mol. The van der Waals surface area contributed by atoms with E-state index in [0.717, 1.165) is 15.8 Å². The number of thioether (sulfide) groups is 1. The molecule has 1 nitrogen and oxygen atoms in total. The van der Waals surface area contributed by atoms with E-state index in [9.17, 15) is 0 Å². The highest BCUT2D eigenvalue weighted by Gasteiger charge is 2.14. The highest BCUT2D eigenvalue weighted by molar-refractivity contribution is 7.98. The molecule has 0 aliphatic carbocycles. The number of benzene rings is 3. The molecule has 0 aliphatic heterocycles. The third-order valence-electron chi connectivity index (χ3n) is 3.87. The van der Waals surface area contributed by atoms with Crippen molar-refractivity contribution in [2.75, 3.05) is 0 Å². The molecule has 25 heavy (non-hydrogen) atoms. The van der Waals surface area contributed by atoms with Crippen LogP contribution in [0.5, 0.6) is 0 Å². The summed E-state index contributed by atoms with van der Waals surface area (Å²) in [6.45, 7) is 0. The maximum absolute atomic E-state index is 4.95. The Morgan fingerprint density at radius 2 is 1.24 bits per heavy atom. The first-order chi connectivity index (χ1) is 12.4. The van der Waals surface area contributed by atoms with Crippen molar-refractivity contribution in [3.63, 3.8) is 0 Å². The Kier molecular flexibility index (Phi) is 4.96. The molecule has 0 amide bonds. The van der Waals surface area contributed by atoms with Gasteiger partial charge in [-0.15, -0.1) is 23.1 Å². The van der Waals surface area contributed by atoms with E-state index in [1.165, 1.54) is 21.6 Å². The molecule has 0 spiro atoms. The molecule has 0 unspecified atom stereocenters. The van der Waals surface area contributed by atoms with Gasteiger partial charge in [0.1, 0.15) is 10.0 Å². The van der Waals surface area contributed by atoms with Gasteiger partial charge in [0.2, 0.25) is 0 Å². The summed E-state index contributed by atoms with van der Waals surface area (Å²) < 4.78 is 0. The molecule has 4 rings (SSSR count). The van der Waals surface area contributed by atoms with Crippen molar-refractivity contribution in [2.24, 2.45) is 0 Å². The van der Waals surface area contributed by atoms with Crippen molar-refractivity contribution in [3.8, 4) is 21.0 Å². The van der Waals surface area contributed by atoms with Crippen LogP contribution in [0, 0.1) is 0 Å². The van der Waals surface area contributed by atoms with Crippen molar-refractivity contribution >= 4 is 23.1 Å². The number of hydrogen-bond donors (Lipinski definition) is 0. The third kappa shape index (κ3) is 3.84. The average molecular weight is 360 g/mol. The summed E-state index contributed by atoms with van der Waals surface area (Å²) in [6.07, 6.45) is 0. The van der Waals surface area contributed by atoms with Gasteiger partial charge in [-0.1, -0.05) is 91.0 Å². The highest BCUT2D eigenvalue weighted by Crippen LogP contribution is 2.40. The largest absolute Gasteiger partial charge is 0.229 e. The summed E-state index contributed by atoms with van der Waals surface area (Å²) in [4.78, 5) is 6.20. The van der Waals surface area contributed by atoms with Gasteiger partial charge in [-0.25, -0.2) is 4.98 Å². The van der Waals surface area contributed by atoms with Gasteiger partial charge in [-0.3, -0.25) is 0 Å². The molecule has 0 atom stereocenters. The standard InChI is InChI=1S/C22H17NS2/c1-4-10-17(11-5-1)16-24-22-20(18-12-6-2-7-13-18)25-21(23-22)19-14-8-3-9-15-19/h1-15H,16H2. The third-order valence-corrected chi connectivity index (χ3v) is 6.20. The first-order valence-corrected chi connectivity index (χ1v) is 9.99. The van der Waals surface area contributed by atoms with E-state index in [4.69, 9.17) is 4.98 Å². The first-order valence-electron chi connectivity index (χ1n) is 8.18. The van der Waals surface area contributed by atoms with Crippen LogP contribution in [0.25, 0.3) is 21.0 Å². The van der Waals surface area contributed by atoms with Gasteiger partial charge in [0.05, 0.1) is 4.88 Å². The van der Waals surface area contributed by atoms with E-state index >= 15 is 0 Å². The van der Waals surface area contributed by atoms with Crippen LogP contribution in [0.15, 0.2) is 96.0 Å². The van der Waals surface area contributed by atoms with Gasteiger partial charge >= 0.3 is 0 Å². The fourth-order valence-electron chi connectivity index (χ4n) is 2.61. The Bertz CT molecular complexity index is 932. The summed E-state index contributed by atoms with van der Waals surface area (Å²) >= 11 is 3.58. The number of aromatic nitrogens is 1. The molecule has 3 heteroatoms. The molecule has 0 radical (unpaired) electrons. The summed E-state index contributed by atoms with van der Waals surface area (Å²) in [7, 11) is 0. The number of rotatable bonds is 5. The Labute approximate surface area is 156 Å². The van der Waals surface area contributed by atoms with Crippen LogP contribution in [0.4, 0.5) is 0 Å². The smallest absolute Gasteiger partial charge is 0.125 e. The van der Waals surface area contributed by atoms with Gasteiger partial charge in [-0.2, -0.15) is 0 Å². The molecule has 1 aromatic heterocycles. The van der Waals surface area contributed by atoms with Gasteiger partial charge in [-0.05, 0) is 11.1 Å². The van der Waals surface area contributed by atoms with E-state index in [1.54, 1.807) is 11.3 Å². The quantitative estimate of drug-likeness (QED) is 0.365. The normalized spacial score (nSPS) is 10.7. The molecular formula is C22H17NS2. The van der Waals surface area contributed by atoms with Crippen molar-refractivity contribution in [1.82, 2.24) is 4.98 Å². The molecule has 4 aromatic rings. The van der Waals surface area contributed by atoms with Crippen LogP contribution in [-0.2, 0) is 5.75 Å². The van der Waals surface area contributed by atoms with E-state index in [2.05, 4.69) is 84.9 Å². The number of thiazole rings is 1. The lowest BCUT2D eigenvalue weighted by Crippen LogP contribution is -1.82. The van der Waals surface area contributed by atoms with E-state index < -0.39 is 0 Å². The predicted molar refractivity (Wildman–Crippen MR) is 109 cm³/mol. The minimum absolute atomic E-state index is 0.929. The lowest BCUT2D eigenvalue weighted by Gasteiger charge is -2.02. The second kappa shape index (κ2) is 7.68. The lowest BCUT2D eigenvalue weighted by atomic mass is 10.2. The summed E-state index contributed by atoms with van der Waals surface area (Å²) in [6, 6.07) is 31.5. The molecule has 0 N–H and O–H groups in total. The van der Waals surface area contributed by atoms with Crippen LogP contribution in [0.3, 0.4) is 0 Å². The molecule has 0 aliphatic rings. The van der Waals surface area contributed by atoms with Crippen LogP contribution >= 0.6 is 23.1 Å². The number of hydrogen-bond acceptors (Lipinski definition) is 3. The van der Waals surface area contributed by atoms with E-state index in [-0.39, 0.29) is 0 Å². The Hall–Kier alpha value is -2.36. The fourth-order valence-corrected chi connectivity index (χ4v) is 4.84. The summed E-state index contributed by atoms with van der Waals surface area (Å²) in [5.41, 5.74) is 3.73. The minimum Gasteiger partial charge on any atom is -0.229 e. The topological polar surface area (TPSA) is 12.9 Å². The predicted octanol–water partition coefficient (Wildman–Crippen LogP) is 6.77. The average Bonchev–Trinajstić information content (AvgIpc) is 3.13. The van der Waals surface area contributed by atoms with Crippen LogP contribution < -0.4 is 0 Å². The minimum atomic E-state index is 0.929. The van der Waals surface area contributed by atoms with Crippen molar-refractivity contribution < 1.29 is 0 Å². The number of nitrogens with zero attached hydrogens (tertiary/aromatic N) is 1. The second-order valence-corrected chi connectivity index (χ2v) is 7.62. The molecule has 0 saturated carbocycles. The second-order valence-electron chi connectivity index (χ2n) is 5.66. The molecule has 122 valence electrons. The maximum Gasteiger partial charge on any atom is 0.125 e. The van der Waals surface area contributed by atoms with Crippen molar-refractivity contribution in [1.29, 1.82) is 0 Å². The summed E-state index contributed by atoms with van der Waals surface area (Å²) in [5.74, 6) is 0.929. The van der Waals surface area contributed by atoms with Crippen LogP contribution in [0.1, 0.15) is 5.56 Å². The molecule has 0 bridgehead atoms. The fraction of sp³-hybridized carbons (Fsp3) is 0.0455. The first kappa shape index (κ1) is 16.1. The van der Waals surface area contributed by atoms with Crippen LogP contribution in [0.2, 0.25) is 0 Å². The SMILES string of the molecule is c1ccc(CSc2nc(-c3ccccc3)sc2-c2ccccc2)cc1. The van der Waals surface area contributed by atoms with Gasteiger partial charge in [0.15, 0.2) is 0 Å². The highest BCUT2D eigenvalue weighted by atomic mass is 32.2. The van der Waals surface area contributed by atoms with Crippen molar-refractivity contribution in [3.05, 3.63) is 96.6 Å². The Morgan fingerprint density at radius 3 is 1.88 bits per heavy atom. The van der Waals surface area contributed by atoms with Gasteiger partial charge < -0.3 is 0 Å². The zero-order valence-corrected chi connectivity index (χ0v) is 15.3. The maximum atomic E-state index is 4.95. The zero-order valence-electron chi connectivity index (χ0n) is 13.6. The lowest BCUT2D eigenvalue weighted by molar-refractivity contribution is 1.20. The van der Waals surface area contributed by atoms with E-state index in [0.29, 0.717) is 0 Å². The van der Waals surface area contributed by atoms with E-state index in [1.807, 2.05) is 17.8 Å². The Balaban J connectivity index is 1.69. The summed E-state index contributed by atoms with van der Waals surface area (Å²) in [5, 5.41) is 2.19. The zero-order chi connectivity index (χ0) is 16.9.